The fraction of sp³-hybridized carbons (Fsp3) is 0.667. The van der Waals surface area contributed by atoms with Crippen molar-refractivity contribution in [1.29, 1.82) is 0 Å². The minimum atomic E-state index is -0.866. The molecule has 130 valence electrons. The van der Waals surface area contributed by atoms with E-state index in [2.05, 4.69) is 15.0 Å². The highest BCUT2D eigenvalue weighted by Gasteiger charge is 2.42. The average molecular weight is 354 g/mol. The molecule has 2 aromatic rings. The summed E-state index contributed by atoms with van der Waals surface area (Å²) < 4.78 is 13.2. The molecule has 0 unspecified atom stereocenters. The van der Waals surface area contributed by atoms with Gasteiger partial charge in [-0.3, -0.25) is 4.57 Å². The minimum Gasteiger partial charge on any atom is -0.460 e. The number of ether oxygens (including phenoxy) is 2. The summed E-state index contributed by atoms with van der Waals surface area (Å²) in [5.41, 5.74) is 6.92. The number of aliphatic hydroxyl groups excluding tert-OH is 1. The van der Waals surface area contributed by atoms with E-state index >= 15 is 0 Å². The number of alkyl halides is 1. The maximum Gasteiger partial charge on any atom is 0.320 e. The molecule has 0 aromatic carbocycles. The van der Waals surface area contributed by atoms with Gasteiger partial charge < -0.3 is 20.3 Å². The van der Waals surface area contributed by atoms with Gasteiger partial charge >= 0.3 is 6.01 Å². The molecule has 0 spiro atoms. The maximum absolute atomic E-state index is 10.3. The number of halogens is 1. The van der Waals surface area contributed by atoms with E-state index in [1.807, 2.05) is 6.92 Å². The average Bonchev–Trinajstić information content (AvgIpc) is 3.25. The van der Waals surface area contributed by atoms with Gasteiger partial charge in [0.1, 0.15) is 12.2 Å². The number of nitrogens with two attached hydrogens (primary N) is 1. The Morgan fingerprint density at radius 1 is 1.38 bits per heavy atom. The van der Waals surface area contributed by atoms with Crippen LogP contribution in [0.1, 0.15) is 38.8 Å². The first kappa shape index (κ1) is 15.9. The molecule has 4 atom stereocenters. The molecule has 1 aliphatic heterocycles. The molecule has 1 saturated heterocycles. The lowest BCUT2D eigenvalue weighted by atomic mass is 10.2. The zero-order valence-corrected chi connectivity index (χ0v) is 14.1. The summed E-state index contributed by atoms with van der Waals surface area (Å²) >= 11 is 6.16. The lowest BCUT2D eigenvalue weighted by Gasteiger charge is -2.17. The SMILES string of the molecule is C[C@H]1O[C@@H](n2cnc3c(N)nc(OC4CCCC4)nc32)[C@H](O)[C@H]1Cl. The number of imidazole rings is 1. The van der Waals surface area contributed by atoms with Crippen LogP contribution in [0.5, 0.6) is 6.01 Å². The Bertz CT molecular complexity index is 748. The molecule has 1 saturated carbocycles. The predicted octanol–water partition coefficient (Wildman–Crippen LogP) is 1.62. The monoisotopic (exact) mass is 353 g/mol. The molecule has 0 bridgehead atoms. The van der Waals surface area contributed by atoms with Crippen LogP contribution in [0.2, 0.25) is 0 Å². The summed E-state index contributed by atoms with van der Waals surface area (Å²) in [6.07, 6.45) is 4.14. The molecule has 4 rings (SSSR count). The molecule has 8 nitrogen and oxygen atoms in total. The molecule has 1 aliphatic carbocycles. The van der Waals surface area contributed by atoms with E-state index in [0.717, 1.165) is 25.7 Å². The van der Waals surface area contributed by atoms with Crippen LogP contribution in [0.3, 0.4) is 0 Å². The van der Waals surface area contributed by atoms with Crippen LogP contribution in [0, 0.1) is 0 Å². The number of nitrogen functional groups attached to an aromatic ring is 1. The third-order valence-electron chi connectivity index (χ3n) is 4.70. The topological polar surface area (TPSA) is 108 Å². The molecule has 0 amide bonds. The van der Waals surface area contributed by atoms with E-state index in [1.165, 1.54) is 6.33 Å². The van der Waals surface area contributed by atoms with Crippen molar-refractivity contribution >= 4 is 28.6 Å². The van der Waals surface area contributed by atoms with Crippen LogP contribution in [0.25, 0.3) is 11.2 Å². The Labute approximate surface area is 143 Å². The van der Waals surface area contributed by atoms with Crippen LogP contribution in [-0.2, 0) is 4.74 Å². The summed E-state index contributed by atoms with van der Waals surface area (Å²) in [5.74, 6) is 0.245. The smallest absolute Gasteiger partial charge is 0.320 e. The van der Waals surface area contributed by atoms with Gasteiger partial charge in [0.25, 0.3) is 0 Å². The molecular formula is C15H20ClN5O3. The van der Waals surface area contributed by atoms with Crippen LogP contribution < -0.4 is 10.5 Å². The summed E-state index contributed by atoms with van der Waals surface area (Å²) in [5, 5.41) is 9.82. The van der Waals surface area contributed by atoms with Crippen molar-refractivity contribution in [3.8, 4) is 6.01 Å². The number of rotatable bonds is 3. The molecule has 3 N–H and O–H groups in total. The van der Waals surface area contributed by atoms with Crippen LogP contribution >= 0.6 is 11.6 Å². The maximum atomic E-state index is 10.3. The van der Waals surface area contributed by atoms with Gasteiger partial charge in [-0.1, -0.05) is 0 Å². The zero-order chi connectivity index (χ0) is 16.8. The number of anilines is 1. The molecule has 0 radical (unpaired) electrons. The van der Waals surface area contributed by atoms with Gasteiger partial charge in [0.2, 0.25) is 0 Å². The second-order valence-corrected chi connectivity index (χ2v) is 6.91. The lowest BCUT2D eigenvalue weighted by molar-refractivity contribution is -0.0298. The number of aromatic nitrogens is 4. The number of nitrogens with zero attached hydrogens (tertiary/aromatic N) is 4. The number of fused-ring (bicyclic) bond motifs is 1. The third kappa shape index (κ3) is 2.58. The highest BCUT2D eigenvalue weighted by Crippen LogP contribution is 2.35. The first-order chi connectivity index (χ1) is 11.5. The van der Waals surface area contributed by atoms with Crippen molar-refractivity contribution in [2.24, 2.45) is 0 Å². The van der Waals surface area contributed by atoms with E-state index in [0.29, 0.717) is 11.2 Å². The first-order valence-electron chi connectivity index (χ1n) is 8.19. The predicted molar refractivity (Wildman–Crippen MR) is 87.9 cm³/mol. The molecule has 3 heterocycles. The fourth-order valence-corrected chi connectivity index (χ4v) is 3.54. The van der Waals surface area contributed by atoms with Gasteiger partial charge in [0, 0.05) is 0 Å². The lowest BCUT2D eigenvalue weighted by Crippen LogP contribution is -2.26. The Hall–Kier alpha value is -1.64. The summed E-state index contributed by atoms with van der Waals surface area (Å²) in [6.45, 7) is 1.82. The van der Waals surface area contributed by atoms with Gasteiger partial charge in [-0.15, -0.1) is 11.6 Å². The van der Waals surface area contributed by atoms with E-state index in [9.17, 15) is 5.11 Å². The normalized spacial score (nSPS) is 31.1. The standard InChI is InChI=1S/C15H20ClN5O3/c1-7-9(16)11(22)14(23-7)21-6-18-10-12(17)19-15(20-13(10)21)24-8-4-2-3-5-8/h6-9,11,14,22H,2-5H2,1H3,(H2,17,19,20)/t7-,9+,11-,14-/m1/s1. The van der Waals surface area contributed by atoms with Gasteiger partial charge in [0.15, 0.2) is 23.2 Å². The van der Waals surface area contributed by atoms with Gasteiger partial charge in [-0.2, -0.15) is 9.97 Å². The van der Waals surface area contributed by atoms with Crippen molar-refractivity contribution in [2.75, 3.05) is 5.73 Å². The molecule has 9 heteroatoms. The zero-order valence-electron chi connectivity index (χ0n) is 13.3. The third-order valence-corrected chi connectivity index (χ3v) is 5.31. The number of hydrogen-bond donors (Lipinski definition) is 2. The van der Waals surface area contributed by atoms with Crippen LogP contribution in [0.15, 0.2) is 6.33 Å². The van der Waals surface area contributed by atoms with E-state index in [4.69, 9.17) is 26.8 Å². The molecule has 24 heavy (non-hydrogen) atoms. The number of aliphatic hydroxyl groups is 1. The molecule has 2 fully saturated rings. The Kier molecular flexibility index (Phi) is 3.98. The van der Waals surface area contributed by atoms with Crippen molar-refractivity contribution in [2.45, 2.75) is 62.5 Å². The second kappa shape index (κ2) is 6.02. The quantitative estimate of drug-likeness (QED) is 0.807. The summed E-state index contributed by atoms with van der Waals surface area (Å²) in [7, 11) is 0. The molecule has 2 aromatic heterocycles. The fourth-order valence-electron chi connectivity index (χ4n) is 3.35. The Balaban J connectivity index is 1.70. The van der Waals surface area contributed by atoms with Crippen LogP contribution in [0.4, 0.5) is 5.82 Å². The Morgan fingerprint density at radius 3 is 2.79 bits per heavy atom. The van der Waals surface area contributed by atoms with Gasteiger partial charge in [-0.25, -0.2) is 4.98 Å². The highest BCUT2D eigenvalue weighted by atomic mass is 35.5. The summed E-state index contributed by atoms with van der Waals surface area (Å²) in [6, 6.07) is 0.233. The highest BCUT2D eigenvalue weighted by molar-refractivity contribution is 6.21. The number of hydrogen-bond acceptors (Lipinski definition) is 7. The van der Waals surface area contributed by atoms with Gasteiger partial charge in [0.05, 0.1) is 17.8 Å². The van der Waals surface area contributed by atoms with Crippen LogP contribution in [-0.4, -0.2) is 48.3 Å². The minimum absolute atomic E-state index is 0.124. The Morgan fingerprint density at radius 2 is 2.12 bits per heavy atom. The van der Waals surface area contributed by atoms with E-state index in [-0.39, 0.29) is 24.0 Å². The van der Waals surface area contributed by atoms with Gasteiger partial charge in [-0.05, 0) is 32.6 Å². The second-order valence-electron chi connectivity index (χ2n) is 6.41. The van der Waals surface area contributed by atoms with Crippen molar-refractivity contribution in [1.82, 2.24) is 19.5 Å². The summed E-state index contributed by atoms with van der Waals surface area (Å²) in [4.78, 5) is 12.9. The van der Waals surface area contributed by atoms with Crippen molar-refractivity contribution in [3.05, 3.63) is 6.33 Å². The van der Waals surface area contributed by atoms with E-state index in [1.54, 1.807) is 4.57 Å². The largest absolute Gasteiger partial charge is 0.460 e. The molecule has 2 aliphatic rings. The van der Waals surface area contributed by atoms with E-state index < -0.39 is 17.7 Å². The van der Waals surface area contributed by atoms with Crippen molar-refractivity contribution < 1.29 is 14.6 Å². The molecular weight excluding hydrogens is 334 g/mol. The first-order valence-corrected chi connectivity index (χ1v) is 8.62. The van der Waals surface area contributed by atoms with Crippen molar-refractivity contribution in [3.63, 3.8) is 0 Å².